The second-order valence-corrected chi connectivity index (χ2v) is 8.83. The lowest BCUT2D eigenvalue weighted by atomic mass is 10.0. The summed E-state index contributed by atoms with van der Waals surface area (Å²) in [7, 11) is 0. The molecule has 1 atom stereocenters. The van der Waals surface area contributed by atoms with E-state index in [0.717, 1.165) is 37.7 Å². The zero-order chi connectivity index (χ0) is 19.6. The number of aromatic nitrogens is 1. The highest BCUT2D eigenvalue weighted by Crippen LogP contribution is 2.25. The van der Waals surface area contributed by atoms with E-state index in [0.29, 0.717) is 6.04 Å². The number of aromatic amines is 1. The quantitative estimate of drug-likeness (QED) is 0.682. The van der Waals surface area contributed by atoms with Crippen molar-refractivity contribution in [2.24, 2.45) is 0 Å². The van der Waals surface area contributed by atoms with Crippen LogP contribution in [0.25, 0.3) is 10.9 Å². The van der Waals surface area contributed by atoms with E-state index < -0.39 is 0 Å². The fourth-order valence-corrected chi connectivity index (χ4v) is 5.18. The van der Waals surface area contributed by atoms with Gasteiger partial charge in [0.1, 0.15) is 0 Å². The van der Waals surface area contributed by atoms with Crippen LogP contribution in [0.5, 0.6) is 0 Å². The predicted octanol–water partition coefficient (Wildman–Crippen LogP) is 4.61. The van der Waals surface area contributed by atoms with E-state index in [1.165, 1.54) is 48.1 Å². The zero-order valence-corrected chi connectivity index (χ0v) is 17.6. The highest BCUT2D eigenvalue weighted by atomic mass is 35.5. The Labute approximate surface area is 178 Å². The third-order valence-corrected chi connectivity index (χ3v) is 6.79. The molecule has 1 N–H and O–H groups in total. The lowest BCUT2D eigenvalue weighted by Crippen LogP contribution is -2.55. The molecule has 2 aliphatic heterocycles. The molecule has 1 unspecified atom stereocenters. The molecule has 0 amide bonds. The molecule has 4 nitrogen and oxygen atoms in total. The van der Waals surface area contributed by atoms with Gasteiger partial charge in [0.05, 0.1) is 0 Å². The van der Waals surface area contributed by atoms with Crippen molar-refractivity contribution >= 4 is 28.2 Å². The minimum absolute atomic E-state index is 0.676. The fraction of sp³-hybridized carbons (Fsp3) is 0.417. The van der Waals surface area contributed by atoms with Gasteiger partial charge in [0.15, 0.2) is 0 Å². The maximum absolute atomic E-state index is 6.18. The van der Waals surface area contributed by atoms with Crippen LogP contribution in [0.4, 0.5) is 5.69 Å². The number of anilines is 1. The van der Waals surface area contributed by atoms with Crippen molar-refractivity contribution in [1.29, 1.82) is 0 Å². The van der Waals surface area contributed by atoms with Gasteiger partial charge in [-0.2, -0.15) is 0 Å². The van der Waals surface area contributed by atoms with Crippen molar-refractivity contribution in [2.45, 2.75) is 25.4 Å². The van der Waals surface area contributed by atoms with Gasteiger partial charge in [-0.3, -0.25) is 9.80 Å². The van der Waals surface area contributed by atoms with Crippen molar-refractivity contribution in [3.63, 3.8) is 0 Å². The molecule has 5 rings (SSSR count). The van der Waals surface area contributed by atoms with Crippen LogP contribution >= 0.6 is 11.6 Å². The highest BCUT2D eigenvalue weighted by molar-refractivity contribution is 6.30. The van der Waals surface area contributed by atoms with Crippen molar-refractivity contribution in [3.8, 4) is 0 Å². The number of benzene rings is 2. The maximum atomic E-state index is 6.18. The predicted molar refractivity (Wildman–Crippen MR) is 122 cm³/mol. The van der Waals surface area contributed by atoms with E-state index in [1.54, 1.807) is 0 Å². The van der Waals surface area contributed by atoms with Crippen LogP contribution in [0.15, 0.2) is 54.7 Å². The molecule has 0 bridgehead atoms. The number of hydrogen-bond donors (Lipinski definition) is 1. The summed E-state index contributed by atoms with van der Waals surface area (Å²) in [5.41, 5.74) is 3.92. The summed E-state index contributed by atoms with van der Waals surface area (Å²) in [6, 6.07) is 17.6. The lowest BCUT2D eigenvalue weighted by molar-refractivity contribution is 0.0890. The molecule has 0 spiro atoms. The minimum Gasteiger partial charge on any atom is -0.369 e. The third kappa shape index (κ3) is 4.16. The molecule has 2 aromatic carbocycles. The average Bonchev–Trinajstić information content (AvgIpc) is 3.17. The number of likely N-dealkylation sites (tertiary alicyclic amines) is 1. The first kappa shape index (κ1) is 19.0. The van der Waals surface area contributed by atoms with Gasteiger partial charge in [-0.05, 0) is 49.2 Å². The number of hydrogen-bond acceptors (Lipinski definition) is 3. The number of rotatable bonds is 4. The summed E-state index contributed by atoms with van der Waals surface area (Å²) in [5.74, 6) is 0. The van der Waals surface area contributed by atoms with Gasteiger partial charge in [-0.1, -0.05) is 35.9 Å². The molecular weight excluding hydrogens is 380 g/mol. The Bertz CT molecular complexity index is 960. The second kappa shape index (κ2) is 8.39. The van der Waals surface area contributed by atoms with E-state index in [9.17, 15) is 0 Å². The Morgan fingerprint density at radius 2 is 1.83 bits per heavy atom. The SMILES string of the molecule is Clc1cccc(N2CCN(C3CCCN(Cc4c[nH]c5ccccc45)C3)CC2)c1. The summed E-state index contributed by atoms with van der Waals surface area (Å²) in [4.78, 5) is 11.2. The van der Waals surface area contributed by atoms with Crippen molar-refractivity contribution in [2.75, 3.05) is 44.2 Å². The first-order chi connectivity index (χ1) is 14.3. The monoisotopic (exact) mass is 408 g/mol. The molecule has 2 fully saturated rings. The van der Waals surface area contributed by atoms with Crippen LogP contribution in [0.2, 0.25) is 5.02 Å². The van der Waals surface area contributed by atoms with Crippen molar-refractivity contribution < 1.29 is 0 Å². The first-order valence-electron chi connectivity index (χ1n) is 10.8. The Balaban J connectivity index is 1.19. The molecular formula is C24H29ClN4. The number of nitrogens with zero attached hydrogens (tertiary/aromatic N) is 3. The number of piperidine rings is 1. The molecule has 0 radical (unpaired) electrons. The number of nitrogens with one attached hydrogen (secondary N) is 1. The normalized spacial score (nSPS) is 21.7. The zero-order valence-electron chi connectivity index (χ0n) is 16.9. The lowest BCUT2D eigenvalue weighted by Gasteiger charge is -2.44. The van der Waals surface area contributed by atoms with E-state index in [2.05, 4.69) is 62.3 Å². The molecule has 3 heterocycles. The number of halogens is 1. The number of H-pyrrole nitrogens is 1. The molecule has 0 saturated carbocycles. The number of fused-ring (bicyclic) bond motifs is 1. The molecule has 1 aromatic heterocycles. The van der Waals surface area contributed by atoms with Gasteiger partial charge in [-0.15, -0.1) is 0 Å². The van der Waals surface area contributed by atoms with Crippen LogP contribution in [-0.2, 0) is 6.54 Å². The Morgan fingerprint density at radius 3 is 2.69 bits per heavy atom. The van der Waals surface area contributed by atoms with Crippen LogP contribution in [0.3, 0.4) is 0 Å². The van der Waals surface area contributed by atoms with Gasteiger partial charge >= 0.3 is 0 Å². The minimum atomic E-state index is 0.676. The van der Waals surface area contributed by atoms with Gasteiger partial charge in [0.25, 0.3) is 0 Å². The summed E-state index contributed by atoms with van der Waals surface area (Å²) in [5, 5.41) is 2.19. The maximum Gasteiger partial charge on any atom is 0.0457 e. The van der Waals surface area contributed by atoms with Crippen molar-refractivity contribution in [1.82, 2.24) is 14.8 Å². The van der Waals surface area contributed by atoms with E-state index in [4.69, 9.17) is 11.6 Å². The molecule has 5 heteroatoms. The molecule has 0 aliphatic carbocycles. The summed E-state index contributed by atoms with van der Waals surface area (Å²) in [6.45, 7) is 7.87. The molecule has 3 aromatic rings. The van der Waals surface area contributed by atoms with Gasteiger partial charge < -0.3 is 9.88 Å². The Kier molecular flexibility index (Phi) is 5.49. The second-order valence-electron chi connectivity index (χ2n) is 8.39. The van der Waals surface area contributed by atoms with Gasteiger partial charge in [0.2, 0.25) is 0 Å². The summed E-state index contributed by atoms with van der Waals surface area (Å²) >= 11 is 6.18. The van der Waals surface area contributed by atoms with Crippen LogP contribution in [-0.4, -0.2) is 60.1 Å². The van der Waals surface area contributed by atoms with Gasteiger partial charge in [0, 0.05) is 73.1 Å². The summed E-state index contributed by atoms with van der Waals surface area (Å²) in [6.07, 6.45) is 4.81. The van der Waals surface area contributed by atoms with Crippen LogP contribution in [0, 0.1) is 0 Å². The number of para-hydroxylation sites is 1. The van der Waals surface area contributed by atoms with Crippen LogP contribution < -0.4 is 4.90 Å². The van der Waals surface area contributed by atoms with E-state index in [1.807, 2.05) is 12.1 Å². The smallest absolute Gasteiger partial charge is 0.0457 e. The number of piperazine rings is 1. The first-order valence-corrected chi connectivity index (χ1v) is 11.2. The van der Waals surface area contributed by atoms with Crippen LogP contribution in [0.1, 0.15) is 18.4 Å². The molecule has 29 heavy (non-hydrogen) atoms. The van der Waals surface area contributed by atoms with E-state index in [-0.39, 0.29) is 0 Å². The van der Waals surface area contributed by atoms with Crippen molar-refractivity contribution in [3.05, 3.63) is 65.3 Å². The largest absolute Gasteiger partial charge is 0.369 e. The van der Waals surface area contributed by atoms with E-state index >= 15 is 0 Å². The molecule has 2 saturated heterocycles. The topological polar surface area (TPSA) is 25.5 Å². The standard InChI is InChI=1S/C24H29ClN4/c25-20-5-3-6-21(15-20)28-11-13-29(14-12-28)22-7-4-10-27(18-22)17-19-16-26-24-9-2-1-8-23(19)24/h1-3,5-6,8-9,15-16,22,26H,4,7,10-14,17-18H2. The highest BCUT2D eigenvalue weighted by Gasteiger charge is 2.28. The summed E-state index contributed by atoms with van der Waals surface area (Å²) < 4.78 is 0. The average molecular weight is 409 g/mol. The Morgan fingerprint density at radius 1 is 0.966 bits per heavy atom. The Hall–Kier alpha value is -2.01. The fourth-order valence-electron chi connectivity index (χ4n) is 4.99. The third-order valence-electron chi connectivity index (χ3n) is 6.55. The molecule has 152 valence electrons. The van der Waals surface area contributed by atoms with Gasteiger partial charge in [-0.25, -0.2) is 0 Å². The molecule has 2 aliphatic rings.